The Morgan fingerprint density at radius 2 is 1.70 bits per heavy atom. The number of rotatable bonds is 9. The van der Waals surface area contributed by atoms with E-state index in [1.807, 2.05) is 73.7 Å². The van der Waals surface area contributed by atoms with Crippen LogP contribution in [-0.2, 0) is 35.3 Å². The highest BCUT2D eigenvalue weighted by Crippen LogP contribution is 2.59. The second-order valence-electron chi connectivity index (χ2n) is 14.3. The highest BCUT2D eigenvalue weighted by atomic mass is 79.9. The minimum Gasteiger partial charge on any atom is -0.455 e. The molecule has 13 nitrogen and oxygen atoms in total. The summed E-state index contributed by atoms with van der Waals surface area (Å²) in [6.07, 6.45) is 7.29. The average Bonchev–Trinajstić information content (AvgIpc) is 3.89. The number of aliphatic hydroxyl groups is 1. The van der Waals surface area contributed by atoms with Crippen molar-refractivity contribution in [1.82, 2.24) is 29.7 Å². The van der Waals surface area contributed by atoms with Crippen molar-refractivity contribution in [2.75, 3.05) is 26.7 Å². The molecule has 7 atom stereocenters. The summed E-state index contributed by atoms with van der Waals surface area (Å²) in [4.78, 5) is 62.7. The number of likely N-dealkylation sites (tertiary alicyclic amines) is 1. The molecule has 0 aliphatic carbocycles. The van der Waals surface area contributed by atoms with Crippen LogP contribution >= 0.6 is 15.9 Å². The lowest BCUT2D eigenvalue weighted by Crippen LogP contribution is -2.56. The topological polar surface area (TPSA) is 147 Å². The Hall–Kier alpha value is -4.40. The molecule has 0 unspecified atom stereocenters. The highest BCUT2D eigenvalue weighted by molar-refractivity contribution is 9.11. The van der Waals surface area contributed by atoms with Gasteiger partial charge in [0.15, 0.2) is 0 Å². The average molecular weight is 790 g/mol. The first-order valence-electron chi connectivity index (χ1n) is 18.4. The van der Waals surface area contributed by atoms with Crippen LogP contribution in [0.2, 0.25) is 0 Å². The van der Waals surface area contributed by atoms with Gasteiger partial charge < -0.3 is 29.3 Å². The Kier molecular flexibility index (Phi) is 10.8. The minimum atomic E-state index is -1.44. The van der Waals surface area contributed by atoms with E-state index in [0.717, 1.165) is 18.4 Å². The van der Waals surface area contributed by atoms with E-state index in [0.29, 0.717) is 34.8 Å². The van der Waals surface area contributed by atoms with Gasteiger partial charge in [0, 0.05) is 37.6 Å². The maximum Gasteiger partial charge on any atom is 0.313 e. The Balaban J connectivity index is 1.31. The van der Waals surface area contributed by atoms with Crippen molar-refractivity contribution in [3.63, 3.8) is 0 Å². The van der Waals surface area contributed by atoms with E-state index < -0.39 is 47.7 Å². The maximum atomic E-state index is 15.1. The van der Waals surface area contributed by atoms with Gasteiger partial charge in [0.25, 0.3) is 5.91 Å². The van der Waals surface area contributed by atoms with Gasteiger partial charge in [-0.25, -0.2) is 4.68 Å². The van der Waals surface area contributed by atoms with Gasteiger partial charge in [-0.05, 0) is 50.0 Å². The molecule has 280 valence electrons. The molecular weight excluding hydrogens is 744 g/mol. The SMILES string of the molecule is C[C@@H]1[C@@H](c2ccccc2)OC(=O)[C@@H]2[C@H]3O[C@@]4(C=C3Br)[C@H](C(=O)N(Cn3nnc5ccccc53)C/C=C\CCC(=O)N1C)N(CCCCCCO)C(=O)[C@@H]24. The highest BCUT2D eigenvalue weighted by Gasteiger charge is 2.75. The number of amides is 3. The Bertz CT molecular complexity index is 1920. The number of aromatic nitrogens is 3. The van der Waals surface area contributed by atoms with E-state index in [2.05, 4.69) is 26.2 Å². The second kappa shape index (κ2) is 15.5. The van der Waals surface area contributed by atoms with E-state index in [9.17, 15) is 19.5 Å². The summed E-state index contributed by atoms with van der Waals surface area (Å²) < 4.78 is 15.3. The molecule has 5 bridgehead atoms. The number of esters is 1. The number of cyclic esters (lactones) is 1. The third-order valence-electron chi connectivity index (χ3n) is 11.1. The molecule has 0 saturated carbocycles. The number of likely N-dealkylation sites (N-methyl/N-ethyl adjacent to an activating group) is 1. The van der Waals surface area contributed by atoms with E-state index in [1.54, 1.807) is 32.5 Å². The lowest BCUT2D eigenvalue weighted by molar-refractivity contribution is -0.164. The van der Waals surface area contributed by atoms with Gasteiger partial charge in [0.05, 0.1) is 17.5 Å². The van der Waals surface area contributed by atoms with Gasteiger partial charge in [-0.3, -0.25) is 19.2 Å². The van der Waals surface area contributed by atoms with E-state index >= 15 is 4.79 Å². The standard InChI is InChI=1S/C39H45BrN6O7/c1-25-33(26-15-7-5-8-16-26)52-38(51)31-32-36(49)45(21-13-3-4-14-22-47)35(39(32)23-27(40)34(31)53-39)37(50)44(20-12-6-9-19-30(48)43(25)2)24-46-29-18-11-10-17-28(29)41-42-46/h5-8,10-12,15-18,23,25,31-35,47H,3-4,9,13-14,19-22,24H2,1-2H3/b12-6-/t25-,31+,32-,33+,34+,35+,39-/m1/s1. The van der Waals surface area contributed by atoms with Crippen molar-refractivity contribution in [3.05, 3.63) is 82.9 Å². The lowest BCUT2D eigenvalue weighted by Gasteiger charge is -2.35. The van der Waals surface area contributed by atoms with Gasteiger partial charge in [0.1, 0.15) is 42.0 Å². The first-order chi connectivity index (χ1) is 25.7. The van der Waals surface area contributed by atoms with Crippen LogP contribution in [0.1, 0.15) is 57.1 Å². The Labute approximate surface area is 316 Å². The summed E-state index contributed by atoms with van der Waals surface area (Å²) in [7, 11) is 1.70. The van der Waals surface area contributed by atoms with E-state index in [-0.39, 0.29) is 50.5 Å². The predicted molar refractivity (Wildman–Crippen MR) is 198 cm³/mol. The number of carbonyl (C=O) groups is 4. The smallest absolute Gasteiger partial charge is 0.313 e. The molecule has 1 aromatic heterocycles. The van der Waals surface area contributed by atoms with Crippen LogP contribution in [0.15, 0.2) is 77.3 Å². The number of ether oxygens (including phenoxy) is 2. The van der Waals surface area contributed by atoms with Crippen LogP contribution < -0.4 is 0 Å². The van der Waals surface area contributed by atoms with Crippen molar-refractivity contribution in [2.24, 2.45) is 11.8 Å². The van der Waals surface area contributed by atoms with E-state index in [1.165, 1.54) is 0 Å². The summed E-state index contributed by atoms with van der Waals surface area (Å²) in [6.45, 7) is 2.41. The number of fused-ring (bicyclic) bond motifs is 3. The van der Waals surface area contributed by atoms with Gasteiger partial charge in [-0.1, -0.05) is 88.6 Å². The molecular formula is C39H45BrN6O7. The lowest BCUT2D eigenvalue weighted by atomic mass is 9.74. The van der Waals surface area contributed by atoms with Crippen molar-refractivity contribution in [3.8, 4) is 0 Å². The molecule has 2 saturated heterocycles. The molecule has 53 heavy (non-hydrogen) atoms. The zero-order chi connectivity index (χ0) is 37.3. The summed E-state index contributed by atoms with van der Waals surface area (Å²) >= 11 is 3.64. The molecule has 7 rings (SSSR count). The maximum absolute atomic E-state index is 15.1. The number of allylic oxidation sites excluding steroid dienone is 1. The quantitative estimate of drug-likeness (QED) is 0.192. The van der Waals surface area contributed by atoms with Gasteiger partial charge >= 0.3 is 5.97 Å². The Morgan fingerprint density at radius 1 is 0.943 bits per heavy atom. The van der Waals surface area contributed by atoms with Crippen molar-refractivity contribution >= 4 is 50.7 Å². The number of aliphatic hydroxyl groups excluding tert-OH is 1. The molecule has 2 fully saturated rings. The zero-order valence-corrected chi connectivity index (χ0v) is 31.5. The van der Waals surface area contributed by atoms with Crippen molar-refractivity contribution in [1.29, 1.82) is 0 Å². The molecule has 1 spiro atoms. The first kappa shape index (κ1) is 36.9. The number of nitrogens with zero attached hydrogens (tertiary/aromatic N) is 6. The Morgan fingerprint density at radius 3 is 2.49 bits per heavy atom. The number of unbranched alkanes of at least 4 members (excludes halogenated alkanes) is 3. The van der Waals surface area contributed by atoms with Crippen LogP contribution in [0.4, 0.5) is 0 Å². The fourth-order valence-corrected chi connectivity index (χ4v) is 8.99. The second-order valence-corrected chi connectivity index (χ2v) is 15.2. The summed E-state index contributed by atoms with van der Waals surface area (Å²) in [6, 6.07) is 15.1. The molecule has 4 aliphatic rings. The monoisotopic (exact) mass is 788 g/mol. The summed E-state index contributed by atoms with van der Waals surface area (Å²) in [5.41, 5.74) is 0.696. The molecule has 4 aliphatic heterocycles. The normalized spacial score (nSPS) is 29.9. The van der Waals surface area contributed by atoms with Crippen LogP contribution in [-0.4, -0.2) is 109 Å². The van der Waals surface area contributed by atoms with Crippen LogP contribution in [0.5, 0.6) is 0 Å². The first-order valence-corrected chi connectivity index (χ1v) is 19.2. The van der Waals surface area contributed by atoms with Crippen molar-refractivity contribution < 1.29 is 33.8 Å². The number of para-hydroxylation sites is 1. The van der Waals surface area contributed by atoms with Gasteiger partial charge in [-0.15, -0.1) is 5.10 Å². The fraction of sp³-hybridized carbons (Fsp3) is 0.487. The van der Waals surface area contributed by atoms with Crippen LogP contribution in [0.3, 0.4) is 0 Å². The largest absolute Gasteiger partial charge is 0.455 e. The van der Waals surface area contributed by atoms with Gasteiger partial charge in [0.2, 0.25) is 11.8 Å². The third-order valence-corrected chi connectivity index (χ3v) is 11.8. The van der Waals surface area contributed by atoms with Crippen molar-refractivity contribution in [2.45, 2.75) is 82.0 Å². The van der Waals surface area contributed by atoms with Crippen LogP contribution in [0.25, 0.3) is 11.0 Å². The number of carbonyl (C=O) groups excluding carboxylic acids is 4. The number of hydrogen-bond acceptors (Lipinski definition) is 9. The van der Waals surface area contributed by atoms with E-state index in [4.69, 9.17) is 9.47 Å². The molecule has 3 amide bonds. The van der Waals surface area contributed by atoms with Crippen LogP contribution in [0, 0.1) is 11.8 Å². The molecule has 14 heteroatoms. The molecule has 2 aromatic carbocycles. The summed E-state index contributed by atoms with van der Waals surface area (Å²) in [5.74, 6) is -3.51. The molecule has 1 N–H and O–H groups in total. The molecule has 5 heterocycles. The molecule has 0 radical (unpaired) electrons. The third kappa shape index (κ3) is 6.81. The zero-order valence-electron chi connectivity index (χ0n) is 29.9. The predicted octanol–water partition coefficient (Wildman–Crippen LogP) is 4.12. The molecule has 3 aromatic rings. The summed E-state index contributed by atoms with van der Waals surface area (Å²) in [5, 5.41) is 18.0. The number of benzene rings is 2. The minimum absolute atomic E-state index is 0.0389. The number of hydrogen-bond donors (Lipinski definition) is 1. The fourth-order valence-electron chi connectivity index (χ4n) is 8.25. The number of halogens is 1. The van der Waals surface area contributed by atoms with Gasteiger partial charge in [-0.2, -0.15) is 0 Å².